The Balaban J connectivity index is 1.39. The van der Waals surface area contributed by atoms with E-state index in [0.29, 0.717) is 23.7 Å². The zero-order chi connectivity index (χ0) is 16.6. The van der Waals surface area contributed by atoms with Crippen LogP contribution in [0.3, 0.4) is 0 Å². The first-order valence-electron chi connectivity index (χ1n) is 8.91. The van der Waals surface area contributed by atoms with Crippen molar-refractivity contribution in [2.24, 2.45) is 35.5 Å². The molecule has 2 bridgehead atoms. The second kappa shape index (κ2) is 4.71. The van der Waals surface area contributed by atoms with E-state index < -0.39 is 0 Å². The highest BCUT2D eigenvalue weighted by molar-refractivity contribution is 6.06. The lowest BCUT2D eigenvalue weighted by molar-refractivity contribution is -0.139. The number of likely N-dealkylation sites (tertiary alicyclic amines) is 1. The number of carbonyl (C=O) groups excluding carboxylic acids is 2. The van der Waals surface area contributed by atoms with Crippen molar-refractivity contribution in [3.8, 4) is 0 Å². The molecular formula is C20H22N2O2. The smallest absolute Gasteiger partial charge is 0.235 e. The van der Waals surface area contributed by atoms with Crippen molar-refractivity contribution >= 4 is 17.5 Å². The standard InChI is InChI=1S/C20H22N2O2/c1-10-4-3-5-11(2)18(10)21-9-22-19(23)16-12-6-7-13(15-8-14(12)15)17(16)20(22)24/h3-7,12-17,21H,8-9H2,1-2H3/t12-,13-,14+,15+,16-,17+/m1/s1. The average Bonchev–Trinajstić information content (AvgIpc) is 3.34. The zero-order valence-electron chi connectivity index (χ0n) is 14.0. The summed E-state index contributed by atoms with van der Waals surface area (Å²) >= 11 is 0. The number of benzene rings is 1. The van der Waals surface area contributed by atoms with Crippen molar-refractivity contribution in [2.45, 2.75) is 20.3 Å². The van der Waals surface area contributed by atoms with Gasteiger partial charge in [0.25, 0.3) is 0 Å². The molecule has 4 nitrogen and oxygen atoms in total. The normalized spacial score (nSPS) is 38.3. The Morgan fingerprint density at radius 1 is 1.00 bits per heavy atom. The minimum Gasteiger partial charge on any atom is -0.367 e. The van der Waals surface area contributed by atoms with Gasteiger partial charge >= 0.3 is 0 Å². The van der Waals surface area contributed by atoms with Crippen molar-refractivity contribution < 1.29 is 9.59 Å². The molecule has 5 aliphatic rings. The van der Waals surface area contributed by atoms with Gasteiger partial charge in [-0.2, -0.15) is 0 Å². The van der Waals surface area contributed by atoms with Gasteiger partial charge in [0.1, 0.15) is 0 Å². The van der Waals surface area contributed by atoms with Gasteiger partial charge in [-0.15, -0.1) is 0 Å². The van der Waals surface area contributed by atoms with Crippen LogP contribution in [0.25, 0.3) is 0 Å². The maximum absolute atomic E-state index is 12.9. The molecular weight excluding hydrogens is 300 g/mol. The van der Waals surface area contributed by atoms with Crippen LogP contribution in [-0.4, -0.2) is 23.4 Å². The van der Waals surface area contributed by atoms with Crippen LogP contribution >= 0.6 is 0 Å². The van der Waals surface area contributed by atoms with Crippen LogP contribution in [-0.2, 0) is 9.59 Å². The molecule has 2 saturated carbocycles. The number of nitrogens with zero attached hydrogens (tertiary/aromatic N) is 1. The molecule has 1 saturated heterocycles. The van der Waals surface area contributed by atoms with Crippen molar-refractivity contribution in [3.05, 3.63) is 41.5 Å². The molecule has 0 spiro atoms. The Bertz CT molecular complexity index is 728. The third kappa shape index (κ3) is 1.74. The van der Waals surface area contributed by atoms with Gasteiger partial charge < -0.3 is 5.32 Å². The summed E-state index contributed by atoms with van der Waals surface area (Å²) in [5, 5.41) is 3.33. The summed E-state index contributed by atoms with van der Waals surface area (Å²) in [6.07, 6.45) is 5.64. The molecule has 0 unspecified atom stereocenters. The van der Waals surface area contributed by atoms with Gasteiger partial charge in [0, 0.05) is 5.69 Å². The summed E-state index contributed by atoms with van der Waals surface area (Å²) in [6, 6.07) is 6.10. The highest BCUT2D eigenvalue weighted by atomic mass is 16.2. The van der Waals surface area contributed by atoms with Crippen LogP contribution < -0.4 is 5.32 Å². The number of rotatable bonds is 3. The van der Waals surface area contributed by atoms with Crippen LogP contribution in [0, 0.1) is 49.4 Å². The Morgan fingerprint density at radius 3 is 2.08 bits per heavy atom. The minimum atomic E-state index is -0.101. The number of imide groups is 1. The SMILES string of the molecule is Cc1cccc(C)c1NCN1C(=O)[C@@H]2[C@@H]3C=C[C@H]([C@@H]4C[C@@H]34)[C@@H]2C1=O. The number of carbonyl (C=O) groups is 2. The predicted molar refractivity (Wildman–Crippen MR) is 91.0 cm³/mol. The third-order valence-corrected chi connectivity index (χ3v) is 6.65. The molecule has 4 aliphatic carbocycles. The summed E-state index contributed by atoms with van der Waals surface area (Å²) in [4.78, 5) is 27.3. The molecule has 4 heteroatoms. The monoisotopic (exact) mass is 322 g/mol. The lowest BCUT2D eigenvalue weighted by Gasteiger charge is -2.37. The van der Waals surface area contributed by atoms with Gasteiger partial charge in [0.15, 0.2) is 0 Å². The molecule has 1 N–H and O–H groups in total. The van der Waals surface area contributed by atoms with Crippen LogP contribution in [0.2, 0.25) is 0 Å². The molecule has 1 aromatic rings. The predicted octanol–water partition coefficient (Wildman–Crippen LogP) is 2.73. The first kappa shape index (κ1) is 14.3. The van der Waals surface area contributed by atoms with E-state index in [4.69, 9.17) is 0 Å². The largest absolute Gasteiger partial charge is 0.367 e. The van der Waals surface area contributed by atoms with Gasteiger partial charge in [0.05, 0.1) is 18.5 Å². The molecule has 0 radical (unpaired) electrons. The maximum atomic E-state index is 12.9. The fourth-order valence-electron chi connectivity index (χ4n) is 5.43. The minimum absolute atomic E-state index is 0.0356. The zero-order valence-corrected chi connectivity index (χ0v) is 14.0. The van der Waals surface area contributed by atoms with E-state index in [1.807, 2.05) is 32.0 Å². The molecule has 24 heavy (non-hydrogen) atoms. The molecule has 0 aromatic heterocycles. The fourth-order valence-corrected chi connectivity index (χ4v) is 5.43. The number of allylic oxidation sites excluding steroid dienone is 2. The number of para-hydroxylation sites is 1. The summed E-state index contributed by atoms with van der Waals surface area (Å²) in [5.74, 6) is 1.78. The van der Waals surface area contributed by atoms with Crippen LogP contribution in [0.5, 0.6) is 0 Å². The first-order chi connectivity index (χ1) is 11.6. The summed E-state index contributed by atoms with van der Waals surface area (Å²) in [6.45, 7) is 4.37. The van der Waals surface area contributed by atoms with E-state index in [0.717, 1.165) is 16.8 Å². The van der Waals surface area contributed by atoms with E-state index in [9.17, 15) is 9.59 Å². The van der Waals surface area contributed by atoms with Crippen LogP contribution in [0.1, 0.15) is 17.5 Å². The maximum Gasteiger partial charge on any atom is 0.235 e. The van der Waals surface area contributed by atoms with E-state index >= 15 is 0 Å². The summed E-state index contributed by atoms with van der Waals surface area (Å²) in [5.41, 5.74) is 3.29. The van der Waals surface area contributed by atoms with Gasteiger partial charge in [-0.05, 0) is 55.1 Å². The van der Waals surface area contributed by atoms with Gasteiger partial charge in [-0.3, -0.25) is 14.5 Å². The van der Waals surface area contributed by atoms with Crippen molar-refractivity contribution in [3.63, 3.8) is 0 Å². The third-order valence-electron chi connectivity index (χ3n) is 6.65. The Labute approximate surface area is 141 Å². The van der Waals surface area contributed by atoms with Crippen LogP contribution in [0.4, 0.5) is 5.69 Å². The number of amides is 2. The lowest BCUT2D eigenvalue weighted by Crippen LogP contribution is -2.40. The van der Waals surface area contributed by atoms with Crippen molar-refractivity contribution in [2.75, 3.05) is 12.0 Å². The van der Waals surface area contributed by atoms with Gasteiger partial charge in [0.2, 0.25) is 11.8 Å². The van der Waals surface area contributed by atoms with Gasteiger partial charge in [-0.25, -0.2) is 0 Å². The summed E-state index contributed by atoms with van der Waals surface area (Å²) in [7, 11) is 0. The van der Waals surface area contributed by atoms with Crippen LogP contribution in [0.15, 0.2) is 30.4 Å². The molecule has 6 rings (SSSR count). The number of hydrogen-bond donors (Lipinski definition) is 1. The highest BCUT2D eigenvalue weighted by Gasteiger charge is 2.66. The Morgan fingerprint density at radius 2 is 1.54 bits per heavy atom. The number of aryl methyl sites for hydroxylation is 2. The van der Waals surface area contributed by atoms with Crippen molar-refractivity contribution in [1.82, 2.24) is 4.90 Å². The molecule has 124 valence electrons. The molecule has 6 atom stereocenters. The first-order valence-corrected chi connectivity index (χ1v) is 8.91. The average molecular weight is 322 g/mol. The van der Waals surface area contributed by atoms with Crippen molar-refractivity contribution in [1.29, 1.82) is 0 Å². The van der Waals surface area contributed by atoms with Gasteiger partial charge in [-0.1, -0.05) is 30.4 Å². The Hall–Kier alpha value is -2.10. The van der Waals surface area contributed by atoms with E-state index in [2.05, 4.69) is 17.5 Å². The second-order valence-corrected chi connectivity index (χ2v) is 7.86. The molecule has 1 aromatic carbocycles. The molecule has 3 fully saturated rings. The number of anilines is 1. The number of nitrogens with one attached hydrogen (secondary N) is 1. The van der Waals surface area contributed by atoms with E-state index in [-0.39, 0.29) is 30.3 Å². The fraction of sp³-hybridized carbons (Fsp3) is 0.500. The molecule has 1 aliphatic heterocycles. The van der Waals surface area contributed by atoms with E-state index in [1.54, 1.807) is 0 Å². The van der Waals surface area contributed by atoms with E-state index in [1.165, 1.54) is 11.3 Å². The molecule has 1 heterocycles. The highest BCUT2D eigenvalue weighted by Crippen LogP contribution is 2.65. The lowest BCUT2D eigenvalue weighted by atomic mass is 9.63. The molecule has 2 amide bonds. The Kier molecular flexibility index (Phi) is 2.80. The topological polar surface area (TPSA) is 49.4 Å². The number of hydrogen-bond acceptors (Lipinski definition) is 3. The quantitative estimate of drug-likeness (QED) is 0.688. The second-order valence-electron chi connectivity index (χ2n) is 7.86. The summed E-state index contributed by atoms with van der Waals surface area (Å²) < 4.78 is 0.